The summed E-state index contributed by atoms with van der Waals surface area (Å²) in [6.07, 6.45) is 0.687. The zero-order chi connectivity index (χ0) is 12.4. The highest BCUT2D eigenvalue weighted by molar-refractivity contribution is 5.42. The minimum absolute atomic E-state index is 0.203. The summed E-state index contributed by atoms with van der Waals surface area (Å²) in [5.74, 6) is -0.00730. The SMILES string of the molecule is CC(O)C1CCN(Cc2cccc(N)c2F)C1. The number of benzene rings is 1. The minimum Gasteiger partial charge on any atom is -0.396 e. The molecule has 3 nitrogen and oxygen atoms in total. The lowest BCUT2D eigenvalue weighted by Crippen LogP contribution is -2.24. The number of nitrogens with zero attached hydrogens (tertiary/aromatic N) is 1. The summed E-state index contributed by atoms with van der Waals surface area (Å²) in [7, 11) is 0. The van der Waals surface area contributed by atoms with Gasteiger partial charge in [0.2, 0.25) is 0 Å². The fourth-order valence-electron chi connectivity index (χ4n) is 2.36. The molecule has 1 aromatic rings. The van der Waals surface area contributed by atoms with Crippen LogP contribution in [-0.2, 0) is 6.54 Å². The Kier molecular flexibility index (Phi) is 3.64. The highest BCUT2D eigenvalue weighted by Crippen LogP contribution is 2.23. The van der Waals surface area contributed by atoms with E-state index in [1.54, 1.807) is 18.2 Å². The largest absolute Gasteiger partial charge is 0.396 e. The molecule has 0 bridgehead atoms. The second-order valence-electron chi connectivity index (χ2n) is 4.84. The van der Waals surface area contributed by atoms with Gasteiger partial charge in [-0.15, -0.1) is 0 Å². The molecule has 0 aromatic heterocycles. The maximum absolute atomic E-state index is 13.7. The molecule has 1 aliphatic rings. The Balaban J connectivity index is 2.00. The Morgan fingerprint density at radius 1 is 1.59 bits per heavy atom. The van der Waals surface area contributed by atoms with E-state index in [4.69, 9.17) is 5.73 Å². The average molecular weight is 238 g/mol. The molecule has 2 rings (SSSR count). The fraction of sp³-hybridized carbons (Fsp3) is 0.538. The van der Waals surface area contributed by atoms with Gasteiger partial charge >= 0.3 is 0 Å². The van der Waals surface area contributed by atoms with E-state index in [9.17, 15) is 9.50 Å². The van der Waals surface area contributed by atoms with Crippen LogP contribution in [0.15, 0.2) is 18.2 Å². The van der Waals surface area contributed by atoms with Gasteiger partial charge in [-0.05, 0) is 31.9 Å². The Morgan fingerprint density at radius 3 is 3.00 bits per heavy atom. The van der Waals surface area contributed by atoms with Crippen LogP contribution in [0.5, 0.6) is 0 Å². The van der Waals surface area contributed by atoms with Gasteiger partial charge in [-0.25, -0.2) is 4.39 Å². The highest BCUT2D eigenvalue weighted by atomic mass is 19.1. The monoisotopic (exact) mass is 238 g/mol. The lowest BCUT2D eigenvalue weighted by atomic mass is 10.0. The topological polar surface area (TPSA) is 49.5 Å². The Hall–Kier alpha value is -1.13. The molecular weight excluding hydrogens is 219 g/mol. The third-order valence-corrected chi connectivity index (χ3v) is 3.49. The van der Waals surface area contributed by atoms with Crippen LogP contribution in [0.4, 0.5) is 10.1 Å². The second kappa shape index (κ2) is 5.02. The lowest BCUT2D eigenvalue weighted by molar-refractivity contribution is 0.127. The number of nitrogen functional groups attached to an aromatic ring is 1. The Bertz CT molecular complexity index is 395. The molecular formula is C13H19FN2O. The molecule has 17 heavy (non-hydrogen) atoms. The molecule has 2 atom stereocenters. The molecule has 1 saturated heterocycles. The summed E-state index contributed by atoms with van der Waals surface area (Å²) in [5.41, 5.74) is 6.37. The van der Waals surface area contributed by atoms with Crippen molar-refractivity contribution in [3.63, 3.8) is 0 Å². The van der Waals surface area contributed by atoms with Crippen LogP contribution in [0.1, 0.15) is 18.9 Å². The average Bonchev–Trinajstić information content (AvgIpc) is 2.73. The van der Waals surface area contributed by atoms with Gasteiger partial charge in [0.1, 0.15) is 0 Å². The molecule has 0 saturated carbocycles. The molecule has 1 fully saturated rings. The maximum Gasteiger partial charge on any atom is 0.150 e. The van der Waals surface area contributed by atoms with E-state index in [1.165, 1.54) is 0 Å². The fourth-order valence-corrected chi connectivity index (χ4v) is 2.36. The molecule has 0 radical (unpaired) electrons. The normalized spacial score (nSPS) is 22.9. The van der Waals surface area contributed by atoms with E-state index in [2.05, 4.69) is 4.90 Å². The van der Waals surface area contributed by atoms with Gasteiger partial charge in [-0.1, -0.05) is 12.1 Å². The van der Waals surface area contributed by atoms with Crippen LogP contribution in [0, 0.1) is 11.7 Å². The number of rotatable bonds is 3. The highest BCUT2D eigenvalue weighted by Gasteiger charge is 2.26. The third kappa shape index (κ3) is 2.76. The summed E-state index contributed by atoms with van der Waals surface area (Å²) in [4.78, 5) is 2.16. The molecule has 0 aliphatic carbocycles. The van der Waals surface area contributed by atoms with Crippen molar-refractivity contribution in [2.45, 2.75) is 26.0 Å². The summed E-state index contributed by atoms with van der Waals surface area (Å²) in [6, 6.07) is 5.11. The second-order valence-corrected chi connectivity index (χ2v) is 4.84. The first kappa shape index (κ1) is 12.3. The number of likely N-dealkylation sites (tertiary alicyclic amines) is 1. The number of aliphatic hydroxyl groups is 1. The number of aliphatic hydroxyl groups excluding tert-OH is 1. The Labute approximate surface area is 101 Å². The van der Waals surface area contributed by atoms with Crippen molar-refractivity contribution in [3.8, 4) is 0 Å². The van der Waals surface area contributed by atoms with Crippen LogP contribution < -0.4 is 5.73 Å². The quantitative estimate of drug-likeness (QED) is 0.787. The molecule has 94 valence electrons. The van der Waals surface area contributed by atoms with E-state index in [-0.39, 0.29) is 17.6 Å². The van der Waals surface area contributed by atoms with Crippen molar-refractivity contribution in [2.24, 2.45) is 5.92 Å². The summed E-state index contributed by atoms with van der Waals surface area (Å²) >= 11 is 0. The molecule has 4 heteroatoms. The van der Waals surface area contributed by atoms with Gasteiger partial charge in [0.25, 0.3) is 0 Å². The van der Waals surface area contributed by atoms with Crippen LogP contribution in [-0.4, -0.2) is 29.2 Å². The van der Waals surface area contributed by atoms with Crippen molar-refractivity contribution in [1.29, 1.82) is 0 Å². The molecule has 0 spiro atoms. The summed E-state index contributed by atoms with van der Waals surface area (Å²) in [6.45, 7) is 4.12. The van der Waals surface area contributed by atoms with E-state index in [0.29, 0.717) is 18.0 Å². The smallest absolute Gasteiger partial charge is 0.150 e. The predicted octanol–water partition coefficient (Wildman–Crippen LogP) is 1.61. The molecule has 3 N–H and O–H groups in total. The van der Waals surface area contributed by atoms with Gasteiger partial charge in [-0.3, -0.25) is 4.90 Å². The van der Waals surface area contributed by atoms with E-state index >= 15 is 0 Å². The van der Waals surface area contributed by atoms with Crippen molar-refractivity contribution >= 4 is 5.69 Å². The van der Waals surface area contributed by atoms with Gasteiger partial charge in [-0.2, -0.15) is 0 Å². The number of nitrogens with two attached hydrogens (primary N) is 1. The van der Waals surface area contributed by atoms with Crippen LogP contribution in [0.25, 0.3) is 0 Å². The van der Waals surface area contributed by atoms with Crippen molar-refractivity contribution < 1.29 is 9.50 Å². The Morgan fingerprint density at radius 2 is 2.35 bits per heavy atom. The first-order chi connectivity index (χ1) is 8.08. The van der Waals surface area contributed by atoms with E-state index < -0.39 is 0 Å². The number of hydrogen-bond acceptors (Lipinski definition) is 3. The number of hydrogen-bond donors (Lipinski definition) is 2. The zero-order valence-electron chi connectivity index (χ0n) is 10.1. The summed E-state index contributed by atoms with van der Waals surface area (Å²) < 4.78 is 13.7. The first-order valence-corrected chi connectivity index (χ1v) is 6.01. The molecule has 1 heterocycles. The van der Waals surface area contributed by atoms with E-state index in [0.717, 1.165) is 19.5 Å². The van der Waals surface area contributed by atoms with Gasteiger partial charge in [0.05, 0.1) is 11.8 Å². The predicted molar refractivity (Wildman–Crippen MR) is 65.9 cm³/mol. The van der Waals surface area contributed by atoms with Gasteiger partial charge in [0, 0.05) is 18.7 Å². The maximum atomic E-state index is 13.7. The van der Waals surface area contributed by atoms with Crippen LogP contribution in [0.3, 0.4) is 0 Å². The minimum atomic E-state index is -0.312. The number of anilines is 1. The zero-order valence-corrected chi connectivity index (χ0v) is 10.1. The number of halogens is 1. The molecule has 1 aromatic carbocycles. The first-order valence-electron chi connectivity index (χ1n) is 6.01. The van der Waals surface area contributed by atoms with Gasteiger partial charge in [0.15, 0.2) is 5.82 Å². The summed E-state index contributed by atoms with van der Waals surface area (Å²) in [5, 5.41) is 9.51. The van der Waals surface area contributed by atoms with Crippen LogP contribution >= 0.6 is 0 Å². The lowest BCUT2D eigenvalue weighted by Gasteiger charge is -2.18. The van der Waals surface area contributed by atoms with E-state index in [1.807, 2.05) is 6.92 Å². The standard InChI is InChI=1S/C13H19FN2O/c1-9(17)10-5-6-16(7-10)8-11-3-2-4-12(15)13(11)14/h2-4,9-10,17H,5-8,15H2,1H3. The molecule has 0 amide bonds. The van der Waals surface area contributed by atoms with Crippen molar-refractivity contribution in [1.82, 2.24) is 4.90 Å². The molecule has 2 unspecified atom stereocenters. The molecule has 1 aliphatic heterocycles. The third-order valence-electron chi connectivity index (χ3n) is 3.49. The van der Waals surface area contributed by atoms with Crippen molar-refractivity contribution in [3.05, 3.63) is 29.6 Å². The van der Waals surface area contributed by atoms with Crippen molar-refractivity contribution in [2.75, 3.05) is 18.8 Å². The van der Waals surface area contributed by atoms with Gasteiger partial charge < -0.3 is 10.8 Å². The van der Waals surface area contributed by atoms with Crippen LogP contribution in [0.2, 0.25) is 0 Å².